The maximum atomic E-state index is 5.80. The molecule has 20 heavy (non-hydrogen) atoms. The first kappa shape index (κ1) is 14.1. The van der Waals surface area contributed by atoms with Gasteiger partial charge in [-0.3, -0.25) is 4.90 Å². The van der Waals surface area contributed by atoms with Gasteiger partial charge in [0.2, 0.25) is 11.8 Å². The number of aromatic nitrogens is 2. The smallest absolute Gasteiger partial charge is 0.230 e. The molecule has 0 unspecified atom stereocenters. The molecule has 0 atom stereocenters. The predicted molar refractivity (Wildman–Crippen MR) is 78.4 cm³/mol. The quantitative estimate of drug-likeness (QED) is 0.794. The van der Waals surface area contributed by atoms with Crippen LogP contribution in [-0.4, -0.2) is 27.7 Å². The highest BCUT2D eigenvalue weighted by Gasteiger charge is 2.30. The Balaban J connectivity index is 1.64. The molecule has 1 aromatic rings. The second-order valence-corrected chi connectivity index (χ2v) is 6.85. The zero-order chi connectivity index (χ0) is 13.9. The van der Waals surface area contributed by atoms with Crippen LogP contribution in [0.4, 0.5) is 0 Å². The van der Waals surface area contributed by atoms with Gasteiger partial charge in [0.15, 0.2) is 0 Å². The van der Waals surface area contributed by atoms with Crippen LogP contribution in [-0.2, 0) is 6.54 Å². The van der Waals surface area contributed by atoms with E-state index in [0.717, 1.165) is 30.3 Å². The number of hydrogen-bond donors (Lipinski definition) is 0. The Morgan fingerprint density at radius 3 is 2.45 bits per heavy atom. The summed E-state index contributed by atoms with van der Waals surface area (Å²) >= 11 is 0. The van der Waals surface area contributed by atoms with Gasteiger partial charge in [0.05, 0.1) is 6.54 Å². The molecule has 2 aliphatic carbocycles. The molecule has 4 heteroatoms. The van der Waals surface area contributed by atoms with Crippen LogP contribution < -0.4 is 0 Å². The van der Waals surface area contributed by atoms with Gasteiger partial charge in [0, 0.05) is 18.5 Å². The van der Waals surface area contributed by atoms with E-state index < -0.39 is 0 Å². The third kappa shape index (κ3) is 3.60. The molecular formula is C16H27N3O. The minimum atomic E-state index is 0.322. The summed E-state index contributed by atoms with van der Waals surface area (Å²) in [5.41, 5.74) is 0. The van der Waals surface area contributed by atoms with Gasteiger partial charge in [-0.05, 0) is 31.6 Å². The predicted octanol–water partition coefficient (Wildman–Crippen LogP) is 3.74. The molecule has 2 saturated carbocycles. The van der Waals surface area contributed by atoms with Crippen molar-refractivity contribution in [3.63, 3.8) is 0 Å². The van der Waals surface area contributed by atoms with Gasteiger partial charge in [-0.1, -0.05) is 33.1 Å². The fraction of sp³-hybridized carbons (Fsp3) is 0.875. The van der Waals surface area contributed by atoms with Gasteiger partial charge in [-0.15, -0.1) is 10.2 Å². The first-order valence-corrected chi connectivity index (χ1v) is 8.28. The summed E-state index contributed by atoms with van der Waals surface area (Å²) in [6.45, 7) is 6.27. The lowest BCUT2D eigenvalue weighted by molar-refractivity contribution is 0.128. The van der Waals surface area contributed by atoms with Crippen molar-refractivity contribution in [3.05, 3.63) is 11.8 Å². The lowest BCUT2D eigenvalue weighted by Crippen LogP contribution is -2.37. The van der Waals surface area contributed by atoms with E-state index in [1.807, 2.05) is 0 Å². The average molecular weight is 277 g/mol. The number of hydrogen-bond acceptors (Lipinski definition) is 4. The van der Waals surface area contributed by atoms with Gasteiger partial charge >= 0.3 is 0 Å². The van der Waals surface area contributed by atoms with Gasteiger partial charge in [-0.2, -0.15) is 0 Å². The van der Waals surface area contributed by atoms with Gasteiger partial charge in [0.1, 0.15) is 0 Å². The zero-order valence-electron chi connectivity index (χ0n) is 12.8. The molecule has 4 nitrogen and oxygen atoms in total. The van der Waals surface area contributed by atoms with Crippen LogP contribution in [0.15, 0.2) is 4.42 Å². The molecule has 0 spiro atoms. The Kier molecular flexibility index (Phi) is 4.39. The van der Waals surface area contributed by atoms with Crippen LogP contribution in [0.1, 0.15) is 76.5 Å². The minimum Gasteiger partial charge on any atom is -0.424 e. The van der Waals surface area contributed by atoms with Crippen LogP contribution in [0.2, 0.25) is 0 Å². The Bertz CT molecular complexity index is 419. The second-order valence-electron chi connectivity index (χ2n) is 6.85. The molecular weight excluding hydrogens is 250 g/mol. The Morgan fingerprint density at radius 1 is 1.10 bits per heavy atom. The zero-order valence-corrected chi connectivity index (χ0v) is 12.8. The highest BCUT2D eigenvalue weighted by Crippen LogP contribution is 2.33. The fourth-order valence-electron chi connectivity index (χ4n) is 3.16. The summed E-state index contributed by atoms with van der Waals surface area (Å²) in [5, 5.41) is 8.41. The van der Waals surface area contributed by atoms with Gasteiger partial charge < -0.3 is 4.42 Å². The number of rotatable bonds is 6. The van der Waals surface area contributed by atoms with Crippen molar-refractivity contribution < 1.29 is 4.42 Å². The van der Waals surface area contributed by atoms with Crippen LogP contribution >= 0.6 is 0 Å². The summed E-state index contributed by atoms with van der Waals surface area (Å²) < 4.78 is 5.80. The second kappa shape index (κ2) is 6.25. The molecule has 2 fully saturated rings. The largest absolute Gasteiger partial charge is 0.424 e. The van der Waals surface area contributed by atoms with Crippen molar-refractivity contribution >= 4 is 0 Å². The van der Waals surface area contributed by atoms with E-state index in [1.54, 1.807) is 0 Å². The topological polar surface area (TPSA) is 42.2 Å². The minimum absolute atomic E-state index is 0.322. The van der Waals surface area contributed by atoms with Crippen molar-refractivity contribution in [1.29, 1.82) is 0 Å². The van der Waals surface area contributed by atoms with Gasteiger partial charge in [0.25, 0.3) is 0 Å². The summed E-state index contributed by atoms with van der Waals surface area (Å²) in [4.78, 5) is 2.62. The Labute approximate surface area is 121 Å². The molecule has 0 N–H and O–H groups in total. The normalized spacial score (nSPS) is 21.0. The lowest BCUT2D eigenvalue weighted by Gasteiger charge is -2.33. The Morgan fingerprint density at radius 2 is 1.85 bits per heavy atom. The molecule has 2 aliphatic rings. The van der Waals surface area contributed by atoms with E-state index in [4.69, 9.17) is 4.42 Å². The summed E-state index contributed by atoms with van der Waals surface area (Å²) in [5.74, 6) is 2.82. The van der Waals surface area contributed by atoms with Crippen LogP contribution in [0.5, 0.6) is 0 Å². The molecule has 0 bridgehead atoms. The third-order valence-corrected chi connectivity index (χ3v) is 4.60. The fourth-order valence-corrected chi connectivity index (χ4v) is 3.16. The van der Waals surface area contributed by atoms with E-state index in [1.165, 1.54) is 51.5 Å². The molecule has 0 amide bonds. The summed E-state index contributed by atoms with van der Waals surface area (Å²) in [6.07, 6.45) is 9.68. The molecule has 3 rings (SSSR count). The average Bonchev–Trinajstić information content (AvgIpc) is 3.14. The molecule has 0 radical (unpaired) electrons. The lowest BCUT2D eigenvalue weighted by atomic mass is 9.94. The van der Waals surface area contributed by atoms with Crippen molar-refractivity contribution in [2.45, 2.75) is 77.3 Å². The van der Waals surface area contributed by atoms with Crippen LogP contribution in [0.3, 0.4) is 0 Å². The maximum absolute atomic E-state index is 5.80. The van der Waals surface area contributed by atoms with Crippen molar-refractivity contribution in [2.75, 3.05) is 6.54 Å². The summed E-state index contributed by atoms with van der Waals surface area (Å²) in [7, 11) is 0. The van der Waals surface area contributed by atoms with Crippen LogP contribution in [0.25, 0.3) is 0 Å². The van der Waals surface area contributed by atoms with Gasteiger partial charge in [-0.25, -0.2) is 0 Å². The molecule has 0 aliphatic heterocycles. The first-order valence-electron chi connectivity index (χ1n) is 8.28. The molecule has 1 aromatic heterocycles. The van der Waals surface area contributed by atoms with E-state index in [-0.39, 0.29) is 0 Å². The Hall–Kier alpha value is -0.900. The van der Waals surface area contributed by atoms with E-state index in [0.29, 0.717) is 5.92 Å². The monoisotopic (exact) mass is 277 g/mol. The highest BCUT2D eigenvalue weighted by atomic mass is 16.4. The standard InChI is InChI=1S/C16H27N3O/c1-12(2)16-18-17-15(20-16)11-19(10-13-8-9-13)14-6-4-3-5-7-14/h12-14H,3-11H2,1-2H3. The van der Waals surface area contributed by atoms with Crippen molar-refractivity contribution in [3.8, 4) is 0 Å². The molecule has 0 aromatic carbocycles. The maximum Gasteiger partial charge on any atom is 0.230 e. The molecule has 0 saturated heterocycles. The van der Waals surface area contributed by atoms with E-state index in [2.05, 4.69) is 28.9 Å². The molecule has 112 valence electrons. The van der Waals surface area contributed by atoms with E-state index >= 15 is 0 Å². The van der Waals surface area contributed by atoms with Crippen LogP contribution in [0, 0.1) is 5.92 Å². The van der Waals surface area contributed by atoms with Crippen molar-refractivity contribution in [1.82, 2.24) is 15.1 Å². The highest BCUT2D eigenvalue weighted by molar-refractivity contribution is 4.90. The number of nitrogens with zero attached hydrogens (tertiary/aromatic N) is 3. The summed E-state index contributed by atoms with van der Waals surface area (Å²) in [6, 6.07) is 0.735. The third-order valence-electron chi connectivity index (χ3n) is 4.60. The SMILES string of the molecule is CC(C)c1nnc(CN(CC2CC2)C2CCCCC2)o1. The van der Waals surface area contributed by atoms with Crippen molar-refractivity contribution in [2.24, 2.45) is 5.92 Å². The molecule has 1 heterocycles. The van der Waals surface area contributed by atoms with E-state index in [9.17, 15) is 0 Å². The first-order chi connectivity index (χ1) is 9.72.